The van der Waals surface area contributed by atoms with Crippen molar-refractivity contribution < 1.29 is 14.2 Å². The Balaban J connectivity index is 1.68. The van der Waals surface area contributed by atoms with Crippen LogP contribution in [0.5, 0.6) is 5.75 Å². The maximum Gasteiger partial charge on any atom is 0.191 e. The van der Waals surface area contributed by atoms with Crippen molar-refractivity contribution in [3.63, 3.8) is 0 Å². The highest BCUT2D eigenvalue weighted by Gasteiger charge is 2.17. The van der Waals surface area contributed by atoms with E-state index in [1.807, 2.05) is 25.1 Å². The van der Waals surface area contributed by atoms with Gasteiger partial charge < -0.3 is 24.8 Å². The summed E-state index contributed by atoms with van der Waals surface area (Å²) in [6, 6.07) is 8.24. The summed E-state index contributed by atoms with van der Waals surface area (Å²) in [6.45, 7) is 8.97. The first-order valence-corrected chi connectivity index (χ1v) is 8.96. The third kappa shape index (κ3) is 7.32. The van der Waals surface area contributed by atoms with Gasteiger partial charge in [0.05, 0.1) is 25.9 Å². The van der Waals surface area contributed by atoms with E-state index in [0.717, 1.165) is 24.7 Å². The Morgan fingerprint density at radius 3 is 2.92 bits per heavy atom. The smallest absolute Gasteiger partial charge is 0.191 e. The van der Waals surface area contributed by atoms with Gasteiger partial charge in [0.25, 0.3) is 0 Å². The minimum Gasteiger partial charge on any atom is -0.489 e. The van der Waals surface area contributed by atoms with Gasteiger partial charge in [-0.05, 0) is 44.9 Å². The molecule has 6 heteroatoms. The van der Waals surface area contributed by atoms with Crippen LogP contribution in [0.3, 0.4) is 0 Å². The number of nitrogens with zero attached hydrogens (tertiary/aromatic N) is 1. The van der Waals surface area contributed by atoms with E-state index in [9.17, 15) is 0 Å². The van der Waals surface area contributed by atoms with Crippen LogP contribution in [-0.4, -0.2) is 57.6 Å². The number of hydrogen-bond acceptors (Lipinski definition) is 4. The van der Waals surface area contributed by atoms with Crippen molar-refractivity contribution in [1.82, 2.24) is 10.6 Å². The summed E-state index contributed by atoms with van der Waals surface area (Å²) in [7, 11) is 1.76. The molecule has 25 heavy (non-hydrogen) atoms. The minimum atomic E-state index is 0.0301. The summed E-state index contributed by atoms with van der Waals surface area (Å²) in [4.78, 5) is 4.26. The van der Waals surface area contributed by atoms with Gasteiger partial charge in [-0.2, -0.15) is 0 Å². The number of nitrogens with one attached hydrogen (secondary N) is 2. The van der Waals surface area contributed by atoms with E-state index in [1.54, 1.807) is 7.05 Å². The van der Waals surface area contributed by atoms with E-state index in [1.165, 1.54) is 5.56 Å². The second kappa shape index (κ2) is 10.3. The molecule has 1 aliphatic rings. The predicted molar refractivity (Wildman–Crippen MR) is 100 cm³/mol. The van der Waals surface area contributed by atoms with Crippen LogP contribution in [0, 0.1) is 6.92 Å². The average Bonchev–Trinajstić information content (AvgIpc) is 3.10. The van der Waals surface area contributed by atoms with Crippen LogP contribution in [0.1, 0.15) is 25.8 Å². The molecule has 0 saturated carbocycles. The Morgan fingerprint density at radius 2 is 2.24 bits per heavy atom. The van der Waals surface area contributed by atoms with Crippen molar-refractivity contribution in [1.29, 1.82) is 0 Å². The summed E-state index contributed by atoms with van der Waals surface area (Å²) in [5.41, 5.74) is 1.19. The van der Waals surface area contributed by atoms with Gasteiger partial charge in [-0.1, -0.05) is 12.1 Å². The van der Waals surface area contributed by atoms with Gasteiger partial charge in [-0.25, -0.2) is 0 Å². The molecule has 3 atom stereocenters. The second-order valence-electron chi connectivity index (χ2n) is 6.56. The van der Waals surface area contributed by atoms with Crippen LogP contribution < -0.4 is 15.4 Å². The molecule has 0 aliphatic carbocycles. The first-order chi connectivity index (χ1) is 12.1. The molecule has 3 unspecified atom stereocenters. The van der Waals surface area contributed by atoms with E-state index in [4.69, 9.17) is 14.2 Å². The molecule has 1 saturated heterocycles. The van der Waals surface area contributed by atoms with Crippen LogP contribution in [0.15, 0.2) is 29.3 Å². The highest BCUT2D eigenvalue weighted by Crippen LogP contribution is 2.13. The van der Waals surface area contributed by atoms with Crippen molar-refractivity contribution in [2.24, 2.45) is 4.99 Å². The van der Waals surface area contributed by atoms with Crippen LogP contribution in [0.25, 0.3) is 0 Å². The maximum absolute atomic E-state index is 5.93. The molecule has 140 valence electrons. The summed E-state index contributed by atoms with van der Waals surface area (Å²) in [5.74, 6) is 1.64. The lowest BCUT2D eigenvalue weighted by molar-refractivity contribution is 0.0347. The zero-order valence-corrected chi connectivity index (χ0v) is 15.7. The highest BCUT2D eigenvalue weighted by molar-refractivity contribution is 5.79. The molecule has 0 radical (unpaired) electrons. The zero-order chi connectivity index (χ0) is 18.1. The first-order valence-electron chi connectivity index (χ1n) is 8.96. The van der Waals surface area contributed by atoms with Gasteiger partial charge in [-0.3, -0.25) is 4.99 Å². The molecule has 6 nitrogen and oxygen atoms in total. The minimum absolute atomic E-state index is 0.0301. The standard InChI is InChI=1S/C19H31N3O3/c1-14-6-5-7-17(10-14)25-16(3)11-21-19(20-4)22-15(2)12-24-18-8-9-23-13-18/h5-7,10,15-16,18H,8-9,11-13H2,1-4H3,(H2,20,21,22). The molecular formula is C19H31N3O3. The van der Waals surface area contributed by atoms with E-state index in [0.29, 0.717) is 19.8 Å². The zero-order valence-electron chi connectivity index (χ0n) is 15.7. The van der Waals surface area contributed by atoms with Crippen LogP contribution in [0.2, 0.25) is 0 Å². The fourth-order valence-electron chi connectivity index (χ4n) is 2.60. The Bertz CT molecular complexity index is 544. The largest absolute Gasteiger partial charge is 0.489 e. The number of aryl methyl sites for hydroxylation is 1. The normalized spacial score (nSPS) is 20.2. The summed E-state index contributed by atoms with van der Waals surface area (Å²) < 4.78 is 17.1. The third-order valence-electron chi connectivity index (χ3n) is 3.96. The second-order valence-corrected chi connectivity index (χ2v) is 6.56. The summed E-state index contributed by atoms with van der Waals surface area (Å²) in [5, 5.41) is 6.63. The monoisotopic (exact) mass is 349 g/mol. The fraction of sp³-hybridized carbons (Fsp3) is 0.632. The lowest BCUT2D eigenvalue weighted by Crippen LogP contribution is -2.46. The number of hydrogen-bond donors (Lipinski definition) is 2. The van der Waals surface area contributed by atoms with Gasteiger partial charge in [-0.15, -0.1) is 0 Å². The van der Waals surface area contributed by atoms with Gasteiger partial charge in [0, 0.05) is 19.7 Å². The van der Waals surface area contributed by atoms with Crippen molar-refractivity contribution in [3.8, 4) is 5.75 Å². The van der Waals surface area contributed by atoms with Crippen LogP contribution in [-0.2, 0) is 9.47 Å². The molecule has 1 fully saturated rings. The molecule has 1 aromatic rings. The van der Waals surface area contributed by atoms with Crippen LogP contribution >= 0.6 is 0 Å². The Hall–Kier alpha value is -1.79. The van der Waals surface area contributed by atoms with Gasteiger partial charge in [0.15, 0.2) is 5.96 Å². The topological polar surface area (TPSA) is 64.1 Å². The van der Waals surface area contributed by atoms with Crippen molar-refractivity contribution in [3.05, 3.63) is 29.8 Å². The predicted octanol–water partition coefficient (Wildman–Crippen LogP) is 2.12. The third-order valence-corrected chi connectivity index (χ3v) is 3.96. The number of rotatable bonds is 8. The van der Waals surface area contributed by atoms with E-state index in [2.05, 4.69) is 35.5 Å². The highest BCUT2D eigenvalue weighted by atomic mass is 16.5. The summed E-state index contributed by atoms with van der Waals surface area (Å²) >= 11 is 0. The van der Waals surface area contributed by atoms with Gasteiger partial charge in [0.2, 0.25) is 0 Å². The SMILES string of the molecule is CN=C(NCC(C)Oc1cccc(C)c1)NC(C)COC1CCOC1. The molecule has 0 bridgehead atoms. The van der Waals surface area contributed by atoms with Crippen molar-refractivity contribution >= 4 is 5.96 Å². The van der Waals surface area contributed by atoms with E-state index in [-0.39, 0.29) is 18.2 Å². The maximum atomic E-state index is 5.93. The lowest BCUT2D eigenvalue weighted by atomic mass is 10.2. The molecular weight excluding hydrogens is 318 g/mol. The van der Waals surface area contributed by atoms with E-state index >= 15 is 0 Å². The molecule has 1 aromatic carbocycles. The molecule has 0 amide bonds. The quantitative estimate of drug-likeness (QED) is 0.556. The Labute approximate surface area is 151 Å². The number of guanidine groups is 1. The summed E-state index contributed by atoms with van der Waals surface area (Å²) in [6.07, 6.45) is 1.23. The molecule has 2 N–H and O–H groups in total. The average molecular weight is 349 g/mol. The molecule has 1 aliphatic heterocycles. The Kier molecular flexibility index (Phi) is 8.01. The number of ether oxygens (including phenoxy) is 3. The fourth-order valence-corrected chi connectivity index (χ4v) is 2.60. The molecule has 0 aromatic heterocycles. The van der Waals surface area contributed by atoms with Crippen molar-refractivity contribution in [2.45, 2.75) is 45.4 Å². The first kappa shape index (κ1) is 19.5. The van der Waals surface area contributed by atoms with Gasteiger partial charge in [0.1, 0.15) is 11.9 Å². The van der Waals surface area contributed by atoms with Crippen LogP contribution in [0.4, 0.5) is 0 Å². The number of benzene rings is 1. The molecule has 0 spiro atoms. The Morgan fingerprint density at radius 1 is 1.40 bits per heavy atom. The molecule has 2 rings (SSSR count). The molecule has 1 heterocycles. The van der Waals surface area contributed by atoms with E-state index < -0.39 is 0 Å². The lowest BCUT2D eigenvalue weighted by Gasteiger charge is -2.21. The van der Waals surface area contributed by atoms with Gasteiger partial charge >= 0.3 is 0 Å². The van der Waals surface area contributed by atoms with Crippen molar-refractivity contribution in [2.75, 3.05) is 33.4 Å². The number of aliphatic imine (C=N–C) groups is 1.